The highest BCUT2D eigenvalue weighted by molar-refractivity contribution is 5.95. The topological polar surface area (TPSA) is 84.9 Å². The standard InChI is InChI=1S/C23H26N4O3/c1-15-18-3-2-4-19(20(18)25-24-15)16-5-7-17(8-6-16)21(28)26-11-13-27(14-12-26)22(29)23(30)9-10-23/h2-8,15,24-25,30H,9-14H2,1H3. The average molecular weight is 406 g/mol. The molecule has 30 heavy (non-hydrogen) atoms. The van der Waals surface area contributed by atoms with Crippen LogP contribution in [0.15, 0.2) is 42.5 Å². The second-order valence-corrected chi connectivity index (χ2v) is 8.45. The Morgan fingerprint density at radius 3 is 2.33 bits per heavy atom. The molecule has 3 N–H and O–H groups in total. The van der Waals surface area contributed by atoms with Crippen molar-refractivity contribution in [2.75, 3.05) is 31.6 Å². The normalized spacial score (nSPS) is 21.7. The molecule has 1 unspecified atom stereocenters. The first-order chi connectivity index (χ1) is 14.5. The van der Waals surface area contributed by atoms with Crippen LogP contribution in [0, 0.1) is 0 Å². The number of rotatable bonds is 3. The average Bonchev–Trinajstić information content (AvgIpc) is 3.43. The van der Waals surface area contributed by atoms with Crippen molar-refractivity contribution in [3.05, 3.63) is 53.6 Å². The number of anilines is 1. The van der Waals surface area contributed by atoms with E-state index in [1.807, 2.05) is 24.3 Å². The van der Waals surface area contributed by atoms with Gasteiger partial charge in [-0.05, 0) is 43.0 Å². The number of carbonyl (C=O) groups is 2. The molecule has 0 spiro atoms. The van der Waals surface area contributed by atoms with Gasteiger partial charge in [0, 0.05) is 37.3 Å². The molecule has 2 aromatic carbocycles. The van der Waals surface area contributed by atoms with Crippen molar-refractivity contribution in [3.8, 4) is 11.1 Å². The van der Waals surface area contributed by atoms with Crippen LogP contribution < -0.4 is 10.9 Å². The number of nitrogens with zero attached hydrogens (tertiary/aromatic N) is 2. The Morgan fingerprint density at radius 2 is 1.67 bits per heavy atom. The summed E-state index contributed by atoms with van der Waals surface area (Å²) in [5.41, 5.74) is 10.5. The van der Waals surface area contributed by atoms with E-state index in [1.165, 1.54) is 5.56 Å². The first-order valence-electron chi connectivity index (χ1n) is 10.5. The van der Waals surface area contributed by atoms with Gasteiger partial charge >= 0.3 is 0 Å². The molecule has 5 rings (SSSR count). The number of benzene rings is 2. The summed E-state index contributed by atoms with van der Waals surface area (Å²) < 4.78 is 0. The Hall–Kier alpha value is -2.90. The Kier molecular flexibility index (Phi) is 4.52. The zero-order chi connectivity index (χ0) is 20.9. The minimum atomic E-state index is -1.14. The van der Waals surface area contributed by atoms with Crippen molar-refractivity contribution in [3.63, 3.8) is 0 Å². The quantitative estimate of drug-likeness (QED) is 0.727. The highest BCUT2D eigenvalue weighted by atomic mass is 16.3. The van der Waals surface area contributed by atoms with Gasteiger partial charge in [0.1, 0.15) is 5.60 Å². The molecule has 156 valence electrons. The predicted octanol–water partition coefficient (Wildman–Crippen LogP) is 2.15. The van der Waals surface area contributed by atoms with Crippen LogP contribution in [0.25, 0.3) is 11.1 Å². The molecule has 1 saturated carbocycles. The van der Waals surface area contributed by atoms with Crippen molar-refractivity contribution in [2.24, 2.45) is 0 Å². The Labute approximate surface area is 175 Å². The third kappa shape index (κ3) is 3.24. The first-order valence-corrected chi connectivity index (χ1v) is 10.5. The smallest absolute Gasteiger partial charge is 0.254 e. The van der Waals surface area contributed by atoms with Gasteiger partial charge in [0.15, 0.2) is 0 Å². The molecule has 0 aromatic heterocycles. The van der Waals surface area contributed by atoms with E-state index in [4.69, 9.17) is 0 Å². The molecule has 1 aliphatic carbocycles. The summed E-state index contributed by atoms with van der Waals surface area (Å²) in [6, 6.07) is 14.2. The van der Waals surface area contributed by atoms with E-state index in [2.05, 4.69) is 36.0 Å². The Balaban J connectivity index is 1.26. The number of aliphatic hydroxyl groups is 1. The summed E-state index contributed by atoms with van der Waals surface area (Å²) in [6.45, 7) is 4.03. The molecule has 2 fully saturated rings. The number of carbonyl (C=O) groups excluding carboxylic acids is 2. The molecular weight excluding hydrogens is 380 g/mol. The molecule has 3 aliphatic rings. The van der Waals surface area contributed by atoms with Crippen molar-refractivity contribution in [1.29, 1.82) is 0 Å². The maximum absolute atomic E-state index is 12.9. The van der Waals surface area contributed by atoms with E-state index in [0.29, 0.717) is 44.6 Å². The van der Waals surface area contributed by atoms with Crippen LogP contribution in [-0.2, 0) is 4.79 Å². The van der Waals surface area contributed by atoms with Crippen LogP contribution in [0.4, 0.5) is 5.69 Å². The van der Waals surface area contributed by atoms with Gasteiger partial charge in [-0.25, -0.2) is 5.43 Å². The van der Waals surface area contributed by atoms with Crippen molar-refractivity contribution < 1.29 is 14.7 Å². The molecule has 7 heteroatoms. The molecule has 1 saturated heterocycles. The number of nitrogens with one attached hydrogen (secondary N) is 2. The van der Waals surface area contributed by atoms with Gasteiger partial charge in [-0.15, -0.1) is 0 Å². The second kappa shape index (κ2) is 7.11. The minimum absolute atomic E-state index is 0.0227. The fraction of sp³-hybridized carbons (Fsp3) is 0.391. The minimum Gasteiger partial charge on any atom is -0.380 e. The van der Waals surface area contributed by atoms with Gasteiger partial charge in [-0.1, -0.05) is 30.3 Å². The number of hydrogen-bond acceptors (Lipinski definition) is 5. The summed E-state index contributed by atoms with van der Waals surface area (Å²) in [6.07, 6.45) is 1.10. The number of amides is 2. The number of piperazine rings is 1. The van der Waals surface area contributed by atoms with Crippen molar-refractivity contribution in [2.45, 2.75) is 31.4 Å². The molecule has 1 atom stereocenters. The van der Waals surface area contributed by atoms with E-state index in [1.54, 1.807) is 9.80 Å². The van der Waals surface area contributed by atoms with Gasteiger partial charge in [-0.3, -0.25) is 9.59 Å². The lowest BCUT2D eigenvalue weighted by molar-refractivity contribution is -0.143. The van der Waals surface area contributed by atoms with E-state index >= 15 is 0 Å². The molecule has 2 aromatic rings. The second-order valence-electron chi connectivity index (χ2n) is 8.45. The van der Waals surface area contributed by atoms with Crippen LogP contribution in [0.1, 0.15) is 41.7 Å². The zero-order valence-electron chi connectivity index (χ0n) is 17.0. The summed E-state index contributed by atoms with van der Waals surface area (Å²) in [4.78, 5) is 28.6. The van der Waals surface area contributed by atoms with Crippen LogP contribution in [0.2, 0.25) is 0 Å². The summed E-state index contributed by atoms with van der Waals surface area (Å²) >= 11 is 0. The molecule has 0 radical (unpaired) electrons. The zero-order valence-corrected chi connectivity index (χ0v) is 17.0. The molecule has 7 nitrogen and oxygen atoms in total. The van der Waals surface area contributed by atoms with Gasteiger partial charge in [0.25, 0.3) is 11.8 Å². The number of para-hydroxylation sites is 1. The number of fused-ring (bicyclic) bond motifs is 1. The highest BCUT2D eigenvalue weighted by Gasteiger charge is 2.50. The summed E-state index contributed by atoms with van der Waals surface area (Å²) in [5, 5.41) is 10.0. The molecule has 0 bridgehead atoms. The molecular formula is C23H26N4O3. The third-order valence-corrected chi connectivity index (χ3v) is 6.40. The van der Waals surface area contributed by atoms with Crippen LogP contribution >= 0.6 is 0 Å². The Bertz CT molecular complexity index is 992. The molecule has 2 heterocycles. The lowest BCUT2D eigenvalue weighted by atomic mass is 9.97. The molecule has 2 amide bonds. The van der Waals surface area contributed by atoms with Crippen LogP contribution in [-0.4, -0.2) is 58.5 Å². The van der Waals surface area contributed by atoms with Gasteiger partial charge in [0.05, 0.1) is 11.7 Å². The van der Waals surface area contributed by atoms with Crippen molar-refractivity contribution >= 4 is 17.5 Å². The van der Waals surface area contributed by atoms with Gasteiger partial charge in [0.2, 0.25) is 0 Å². The van der Waals surface area contributed by atoms with E-state index in [9.17, 15) is 14.7 Å². The molecule has 2 aliphatic heterocycles. The van der Waals surface area contributed by atoms with E-state index in [-0.39, 0.29) is 17.9 Å². The maximum Gasteiger partial charge on any atom is 0.254 e. The summed E-state index contributed by atoms with van der Waals surface area (Å²) in [7, 11) is 0. The first kappa shape index (κ1) is 19.1. The van der Waals surface area contributed by atoms with E-state index in [0.717, 1.165) is 16.8 Å². The predicted molar refractivity (Wildman–Crippen MR) is 114 cm³/mol. The van der Waals surface area contributed by atoms with Crippen LogP contribution in [0.5, 0.6) is 0 Å². The van der Waals surface area contributed by atoms with Gasteiger partial charge < -0.3 is 20.3 Å². The lowest BCUT2D eigenvalue weighted by Crippen LogP contribution is -2.53. The SMILES string of the molecule is CC1NNc2c(-c3ccc(C(=O)N4CCN(C(=O)C5(O)CC5)CC4)cc3)cccc21. The van der Waals surface area contributed by atoms with E-state index < -0.39 is 5.60 Å². The van der Waals surface area contributed by atoms with Gasteiger partial charge in [-0.2, -0.15) is 0 Å². The lowest BCUT2D eigenvalue weighted by Gasteiger charge is -2.35. The highest BCUT2D eigenvalue weighted by Crippen LogP contribution is 2.38. The number of hydrogen-bond donors (Lipinski definition) is 3. The monoisotopic (exact) mass is 406 g/mol. The fourth-order valence-electron chi connectivity index (χ4n) is 4.28. The largest absolute Gasteiger partial charge is 0.380 e. The number of hydrazine groups is 1. The van der Waals surface area contributed by atoms with Crippen molar-refractivity contribution in [1.82, 2.24) is 15.2 Å². The maximum atomic E-state index is 12.9. The summed E-state index contributed by atoms with van der Waals surface area (Å²) in [5.74, 6) is -0.211. The third-order valence-electron chi connectivity index (χ3n) is 6.40. The fourth-order valence-corrected chi connectivity index (χ4v) is 4.28. The van der Waals surface area contributed by atoms with Crippen LogP contribution in [0.3, 0.4) is 0 Å². The Morgan fingerprint density at radius 1 is 1.00 bits per heavy atom.